The number of benzene rings is 3. The van der Waals surface area contributed by atoms with Gasteiger partial charge in [-0.25, -0.2) is 0 Å². The molecule has 4 nitrogen and oxygen atoms in total. The lowest BCUT2D eigenvalue weighted by Crippen LogP contribution is -2.41. The van der Waals surface area contributed by atoms with Crippen LogP contribution in [-0.4, -0.2) is 29.8 Å². The van der Waals surface area contributed by atoms with E-state index < -0.39 is 0 Å². The first-order valence-electron chi connectivity index (χ1n) is 8.90. The van der Waals surface area contributed by atoms with Gasteiger partial charge in [0.1, 0.15) is 0 Å². The van der Waals surface area contributed by atoms with Gasteiger partial charge in [-0.2, -0.15) is 0 Å². The molecule has 4 rings (SSSR count). The molecule has 0 aromatic heterocycles. The molecule has 0 aliphatic carbocycles. The molecule has 1 aliphatic heterocycles. The Labute approximate surface area is 152 Å². The van der Waals surface area contributed by atoms with Gasteiger partial charge in [-0.1, -0.05) is 42.5 Å². The molecule has 0 unspecified atom stereocenters. The van der Waals surface area contributed by atoms with E-state index >= 15 is 0 Å². The smallest absolute Gasteiger partial charge is 0.261 e. The highest BCUT2D eigenvalue weighted by Crippen LogP contribution is 2.34. The van der Waals surface area contributed by atoms with Crippen LogP contribution >= 0.6 is 0 Å². The van der Waals surface area contributed by atoms with Gasteiger partial charge in [-0.3, -0.25) is 14.5 Å². The quantitative estimate of drug-likeness (QED) is 0.709. The molecule has 130 valence electrons. The number of nitrogens with one attached hydrogen (secondary N) is 1. The van der Waals surface area contributed by atoms with E-state index in [4.69, 9.17) is 0 Å². The van der Waals surface area contributed by atoms with Crippen molar-refractivity contribution in [3.63, 3.8) is 0 Å². The largest absolute Gasteiger partial charge is 0.385 e. The van der Waals surface area contributed by atoms with Crippen LogP contribution in [0.5, 0.6) is 0 Å². The van der Waals surface area contributed by atoms with Crippen LogP contribution in [0.2, 0.25) is 0 Å². The Kier molecular flexibility index (Phi) is 4.17. The molecule has 0 fully saturated rings. The molecule has 1 heterocycles. The lowest BCUT2D eigenvalue weighted by Gasteiger charge is -2.28. The highest BCUT2D eigenvalue weighted by Gasteiger charge is 2.32. The van der Waals surface area contributed by atoms with E-state index in [0.29, 0.717) is 24.1 Å². The van der Waals surface area contributed by atoms with Crippen molar-refractivity contribution >= 4 is 28.3 Å². The maximum Gasteiger partial charge on any atom is 0.261 e. The second-order valence-electron chi connectivity index (χ2n) is 6.42. The third-order valence-corrected chi connectivity index (χ3v) is 4.83. The molecular weight excluding hydrogens is 324 g/mol. The standard InChI is InChI=1S/C22H20N2O2/c1-2-23-19-12-11-18-20-16(19)9-6-10-17(20)21(25)24(22(18)26)14-13-15-7-4-3-5-8-15/h3-12,23H,2,13-14H2,1H3. The minimum Gasteiger partial charge on any atom is -0.385 e. The highest BCUT2D eigenvalue weighted by atomic mass is 16.2. The predicted molar refractivity (Wildman–Crippen MR) is 104 cm³/mol. The Morgan fingerprint density at radius 3 is 2.31 bits per heavy atom. The second kappa shape index (κ2) is 6.64. The van der Waals surface area contributed by atoms with Crippen molar-refractivity contribution in [2.75, 3.05) is 18.4 Å². The molecule has 4 heteroatoms. The number of rotatable bonds is 5. The van der Waals surface area contributed by atoms with Crippen molar-refractivity contribution < 1.29 is 9.59 Å². The maximum absolute atomic E-state index is 13.0. The van der Waals surface area contributed by atoms with Crippen LogP contribution in [-0.2, 0) is 6.42 Å². The van der Waals surface area contributed by atoms with E-state index in [0.717, 1.165) is 28.6 Å². The lowest BCUT2D eigenvalue weighted by atomic mass is 9.92. The van der Waals surface area contributed by atoms with E-state index in [-0.39, 0.29) is 11.8 Å². The molecule has 0 radical (unpaired) electrons. The zero-order valence-electron chi connectivity index (χ0n) is 14.7. The van der Waals surface area contributed by atoms with Gasteiger partial charge in [-0.15, -0.1) is 0 Å². The van der Waals surface area contributed by atoms with Crippen molar-refractivity contribution in [3.05, 3.63) is 77.4 Å². The van der Waals surface area contributed by atoms with Gasteiger partial charge < -0.3 is 5.32 Å². The summed E-state index contributed by atoms with van der Waals surface area (Å²) in [6, 6.07) is 19.3. The third kappa shape index (κ3) is 2.64. The first-order valence-corrected chi connectivity index (χ1v) is 8.90. The molecule has 3 aromatic rings. The molecule has 0 saturated heterocycles. The second-order valence-corrected chi connectivity index (χ2v) is 6.42. The summed E-state index contributed by atoms with van der Waals surface area (Å²) in [5, 5.41) is 4.99. The van der Waals surface area contributed by atoms with Crippen molar-refractivity contribution in [2.45, 2.75) is 13.3 Å². The van der Waals surface area contributed by atoms with Crippen molar-refractivity contribution in [3.8, 4) is 0 Å². The zero-order valence-corrected chi connectivity index (χ0v) is 14.7. The summed E-state index contributed by atoms with van der Waals surface area (Å²) in [5.41, 5.74) is 3.26. The summed E-state index contributed by atoms with van der Waals surface area (Å²) in [4.78, 5) is 27.3. The minimum absolute atomic E-state index is 0.210. The Hall–Kier alpha value is -3.14. The zero-order chi connectivity index (χ0) is 18.1. The van der Waals surface area contributed by atoms with Gasteiger partial charge in [-0.05, 0) is 37.1 Å². The first kappa shape index (κ1) is 16.3. The van der Waals surface area contributed by atoms with Gasteiger partial charge in [0, 0.05) is 40.7 Å². The fourth-order valence-electron chi connectivity index (χ4n) is 3.58. The monoisotopic (exact) mass is 344 g/mol. The Morgan fingerprint density at radius 1 is 0.846 bits per heavy atom. The summed E-state index contributed by atoms with van der Waals surface area (Å²) in [6.45, 7) is 3.19. The van der Waals surface area contributed by atoms with Crippen molar-refractivity contribution in [1.29, 1.82) is 0 Å². The lowest BCUT2D eigenvalue weighted by molar-refractivity contribution is 0.0612. The van der Waals surface area contributed by atoms with E-state index in [9.17, 15) is 9.59 Å². The first-order chi connectivity index (χ1) is 12.7. The highest BCUT2D eigenvalue weighted by molar-refractivity contribution is 6.26. The van der Waals surface area contributed by atoms with E-state index in [1.807, 2.05) is 67.6 Å². The average Bonchev–Trinajstić information content (AvgIpc) is 2.68. The molecule has 0 spiro atoms. The average molecular weight is 344 g/mol. The summed E-state index contributed by atoms with van der Waals surface area (Å²) >= 11 is 0. The van der Waals surface area contributed by atoms with Crippen LogP contribution in [0.25, 0.3) is 10.8 Å². The van der Waals surface area contributed by atoms with Crippen LogP contribution in [0.3, 0.4) is 0 Å². The number of nitrogens with zero attached hydrogens (tertiary/aromatic N) is 1. The number of imide groups is 1. The molecule has 1 N–H and O–H groups in total. The topological polar surface area (TPSA) is 49.4 Å². The van der Waals surface area contributed by atoms with E-state index in [1.165, 1.54) is 4.90 Å². The SMILES string of the molecule is CCNc1ccc2c3c(cccc13)C(=O)N(CCc1ccccc1)C2=O. The molecule has 1 aliphatic rings. The Bertz CT molecular complexity index is 973. The molecule has 0 bridgehead atoms. The number of hydrogen-bond donors (Lipinski definition) is 1. The van der Waals surface area contributed by atoms with Crippen LogP contribution in [0.15, 0.2) is 60.7 Å². The fraction of sp³-hybridized carbons (Fsp3) is 0.182. The molecule has 0 atom stereocenters. The normalized spacial score (nSPS) is 13.3. The van der Waals surface area contributed by atoms with Gasteiger partial charge in [0.25, 0.3) is 11.8 Å². The van der Waals surface area contributed by atoms with E-state index in [2.05, 4.69) is 5.32 Å². The fourth-order valence-corrected chi connectivity index (χ4v) is 3.58. The summed E-state index contributed by atoms with van der Waals surface area (Å²) in [7, 11) is 0. The van der Waals surface area contributed by atoms with Crippen LogP contribution in [0.4, 0.5) is 5.69 Å². The Balaban J connectivity index is 1.73. The van der Waals surface area contributed by atoms with Crippen LogP contribution in [0, 0.1) is 0 Å². The molecule has 3 aromatic carbocycles. The number of carbonyl (C=O) groups excluding carboxylic acids is 2. The van der Waals surface area contributed by atoms with Crippen molar-refractivity contribution in [1.82, 2.24) is 4.90 Å². The predicted octanol–water partition coefficient (Wildman–Crippen LogP) is 4.11. The maximum atomic E-state index is 13.0. The van der Waals surface area contributed by atoms with Crippen molar-refractivity contribution in [2.24, 2.45) is 0 Å². The van der Waals surface area contributed by atoms with E-state index in [1.54, 1.807) is 0 Å². The van der Waals surface area contributed by atoms with Gasteiger partial charge in [0.05, 0.1) is 0 Å². The number of hydrogen-bond acceptors (Lipinski definition) is 3. The number of anilines is 1. The molecule has 26 heavy (non-hydrogen) atoms. The number of carbonyl (C=O) groups is 2. The summed E-state index contributed by atoms with van der Waals surface area (Å²) < 4.78 is 0. The van der Waals surface area contributed by atoms with Gasteiger partial charge in [0.15, 0.2) is 0 Å². The van der Waals surface area contributed by atoms with Gasteiger partial charge >= 0.3 is 0 Å². The Morgan fingerprint density at radius 2 is 1.58 bits per heavy atom. The van der Waals surface area contributed by atoms with Crippen LogP contribution < -0.4 is 5.32 Å². The third-order valence-electron chi connectivity index (χ3n) is 4.83. The van der Waals surface area contributed by atoms with Crippen LogP contribution in [0.1, 0.15) is 33.2 Å². The minimum atomic E-state index is -0.210. The summed E-state index contributed by atoms with van der Waals surface area (Å²) in [6.07, 6.45) is 0.652. The molecular formula is C22H20N2O2. The summed E-state index contributed by atoms with van der Waals surface area (Å²) in [5.74, 6) is -0.421. The molecule has 0 saturated carbocycles. The molecule has 2 amide bonds. The number of amides is 2. The van der Waals surface area contributed by atoms with Gasteiger partial charge in [0.2, 0.25) is 0 Å².